The average molecular weight is 325 g/mol. The van der Waals surface area contributed by atoms with Gasteiger partial charge in [0.2, 0.25) is 0 Å². The lowest BCUT2D eigenvalue weighted by Crippen LogP contribution is -2.46. The Balaban J connectivity index is 1.58. The Hall–Kier alpha value is -2.42. The first-order chi connectivity index (χ1) is 11.7. The molecule has 1 fully saturated rings. The van der Waals surface area contributed by atoms with Crippen LogP contribution < -0.4 is 4.90 Å². The molecule has 0 atom stereocenters. The first-order valence-corrected chi connectivity index (χ1v) is 8.02. The van der Waals surface area contributed by atoms with E-state index in [-0.39, 0.29) is 12.4 Å². The quantitative estimate of drug-likeness (QED) is 0.876. The van der Waals surface area contributed by atoms with E-state index in [2.05, 4.69) is 9.74 Å². The minimum atomic E-state index is -0.323. The highest BCUT2D eigenvalue weighted by Gasteiger charge is 2.19. The number of aliphatic hydroxyl groups excluding tert-OH is 1. The maximum Gasteiger partial charge on any atom is 0.190 e. The summed E-state index contributed by atoms with van der Waals surface area (Å²) in [4.78, 5) is 7.64. The first kappa shape index (κ1) is 16.4. The molecule has 1 aliphatic rings. The van der Waals surface area contributed by atoms with Gasteiger partial charge in [0.25, 0.3) is 0 Å². The molecule has 124 valence electrons. The third-order valence-electron chi connectivity index (χ3n) is 4.39. The summed E-state index contributed by atoms with van der Waals surface area (Å²) in [6.07, 6.45) is 0. The van der Waals surface area contributed by atoms with Crippen LogP contribution in [0.25, 0.3) is 4.85 Å². The standard InChI is InChI=1S/C19H20FN3O/c1-21-17-6-7-19(18(20)12-17)23-10-8-22(9-11-23)13-15-2-4-16(14-24)5-3-15/h2-7,12,24H,8-11,13-14H2. The van der Waals surface area contributed by atoms with Crippen LogP contribution >= 0.6 is 0 Å². The van der Waals surface area contributed by atoms with Crippen molar-refractivity contribution in [3.05, 3.63) is 70.8 Å². The number of hydrogen-bond acceptors (Lipinski definition) is 3. The van der Waals surface area contributed by atoms with E-state index in [1.807, 2.05) is 29.2 Å². The molecule has 1 saturated heterocycles. The van der Waals surface area contributed by atoms with Crippen LogP contribution in [0.5, 0.6) is 0 Å². The van der Waals surface area contributed by atoms with Gasteiger partial charge in [-0.15, -0.1) is 0 Å². The molecular formula is C19H20FN3O. The number of halogens is 1. The molecule has 1 N–H and O–H groups in total. The number of rotatable bonds is 4. The molecule has 0 saturated carbocycles. The summed E-state index contributed by atoms with van der Waals surface area (Å²) >= 11 is 0. The summed E-state index contributed by atoms with van der Waals surface area (Å²) in [5.41, 5.74) is 3.05. The molecule has 2 aromatic rings. The van der Waals surface area contributed by atoms with E-state index >= 15 is 0 Å². The van der Waals surface area contributed by atoms with Gasteiger partial charge in [0.1, 0.15) is 5.82 Å². The largest absolute Gasteiger partial charge is 0.392 e. The molecule has 1 aliphatic heterocycles. The number of hydrogen-bond donors (Lipinski definition) is 1. The molecule has 2 aromatic carbocycles. The molecule has 5 heteroatoms. The lowest BCUT2D eigenvalue weighted by atomic mass is 10.1. The van der Waals surface area contributed by atoms with Crippen LogP contribution in [0.1, 0.15) is 11.1 Å². The molecule has 24 heavy (non-hydrogen) atoms. The topological polar surface area (TPSA) is 31.1 Å². The van der Waals surface area contributed by atoms with Crippen LogP contribution in [-0.4, -0.2) is 36.2 Å². The highest BCUT2D eigenvalue weighted by molar-refractivity contribution is 5.57. The molecule has 0 aliphatic carbocycles. The van der Waals surface area contributed by atoms with Gasteiger partial charge in [-0.2, -0.15) is 0 Å². The third-order valence-corrected chi connectivity index (χ3v) is 4.39. The fourth-order valence-electron chi connectivity index (χ4n) is 2.98. The maximum atomic E-state index is 14.1. The molecule has 0 amide bonds. The fraction of sp³-hybridized carbons (Fsp3) is 0.316. The summed E-state index contributed by atoms with van der Waals surface area (Å²) in [5, 5.41) is 9.08. The Bertz CT molecular complexity index is 731. The Kier molecular flexibility index (Phi) is 5.09. The second kappa shape index (κ2) is 7.43. The van der Waals surface area contributed by atoms with Crippen molar-refractivity contribution in [3.8, 4) is 0 Å². The summed E-state index contributed by atoms with van der Waals surface area (Å²) in [6, 6.07) is 12.6. The minimum absolute atomic E-state index is 0.0663. The lowest BCUT2D eigenvalue weighted by molar-refractivity contribution is 0.249. The molecule has 0 unspecified atom stereocenters. The van der Waals surface area contributed by atoms with E-state index in [0.717, 1.165) is 38.3 Å². The maximum absolute atomic E-state index is 14.1. The second-order valence-corrected chi connectivity index (χ2v) is 5.99. The van der Waals surface area contributed by atoms with Crippen LogP contribution in [0.15, 0.2) is 42.5 Å². The Morgan fingerprint density at radius 1 is 1.00 bits per heavy atom. The predicted molar refractivity (Wildman–Crippen MR) is 92.5 cm³/mol. The van der Waals surface area contributed by atoms with Gasteiger partial charge in [0.05, 0.1) is 18.9 Å². The normalized spacial score (nSPS) is 15.3. The van der Waals surface area contributed by atoms with E-state index in [1.54, 1.807) is 12.1 Å². The number of nitrogens with zero attached hydrogens (tertiary/aromatic N) is 3. The van der Waals surface area contributed by atoms with Crippen LogP contribution in [0.2, 0.25) is 0 Å². The lowest BCUT2D eigenvalue weighted by Gasteiger charge is -2.36. The van der Waals surface area contributed by atoms with Gasteiger partial charge in [-0.25, -0.2) is 9.24 Å². The van der Waals surface area contributed by atoms with Crippen molar-refractivity contribution in [2.24, 2.45) is 0 Å². The molecule has 3 rings (SSSR count). The van der Waals surface area contributed by atoms with Gasteiger partial charge in [-0.3, -0.25) is 4.90 Å². The number of anilines is 1. The SMILES string of the molecule is [C-]#[N+]c1ccc(N2CCN(Cc3ccc(CO)cc3)CC2)c(F)c1. The second-order valence-electron chi connectivity index (χ2n) is 5.99. The third kappa shape index (κ3) is 3.73. The van der Waals surface area contributed by atoms with Crippen molar-refractivity contribution in [1.29, 1.82) is 0 Å². The van der Waals surface area contributed by atoms with Crippen molar-refractivity contribution < 1.29 is 9.50 Å². The molecular weight excluding hydrogens is 305 g/mol. The van der Waals surface area contributed by atoms with Gasteiger partial charge < -0.3 is 10.0 Å². The average Bonchev–Trinajstić information content (AvgIpc) is 2.63. The zero-order valence-corrected chi connectivity index (χ0v) is 13.5. The zero-order valence-electron chi connectivity index (χ0n) is 13.5. The predicted octanol–water partition coefficient (Wildman–Crippen LogP) is 3.19. The summed E-state index contributed by atoms with van der Waals surface area (Å²) in [6.45, 7) is 11.1. The van der Waals surface area contributed by atoms with Crippen LogP contribution in [0.3, 0.4) is 0 Å². The van der Waals surface area contributed by atoms with Crippen molar-refractivity contribution in [1.82, 2.24) is 4.90 Å². The Morgan fingerprint density at radius 3 is 2.25 bits per heavy atom. The molecule has 0 spiro atoms. The van der Waals surface area contributed by atoms with Crippen molar-refractivity contribution >= 4 is 11.4 Å². The Morgan fingerprint density at radius 2 is 1.67 bits per heavy atom. The van der Waals surface area contributed by atoms with Crippen LogP contribution in [0.4, 0.5) is 15.8 Å². The smallest absolute Gasteiger partial charge is 0.190 e. The zero-order chi connectivity index (χ0) is 16.9. The van der Waals surface area contributed by atoms with E-state index < -0.39 is 0 Å². The van der Waals surface area contributed by atoms with E-state index in [0.29, 0.717) is 11.4 Å². The molecule has 0 radical (unpaired) electrons. The van der Waals surface area contributed by atoms with Gasteiger partial charge in [-0.1, -0.05) is 30.3 Å². The fourth-order valence-corrected chi connectivity index (χ4v) is 2.98. The van der Waals surface area contributed by atoms with E-state index in [4.69, 9.17) is 11.7 Å². The Labute approximate surface area is 141 Å². The summed E-state index contributed by atoms with van der Waals surface area (Å²) in [7, 11) is 0. The van der Waals surface area contributed by atoms with Gasteiger partial charge in [-0.05, 0) is 23.3 Å². The molecule has 4 nitrogen and oxygen atoms in total. The highest BCUT2D eigenvalue weighted by Crippen LogP contribution is 2.25. The van der Waals surface area contributed by atoms with Crippen LogP contribution in [-0.2, 0) is 13.2 Å². The number of piperazine rings is 1. The summed E-state index contributed by atoms with van der Waals surface area (Å²) in [5.74, 6) is -0.323. The highest BCUT2D eigenvalue weighted by atomic mass is 19.1. The monoisotopic (exact) mass is 325 g/mol. The van der Waals surface area contributed by atoms with E-state index in [1.165, 1.54) is 11.6 Å². The summed E-state index contributed by atoms with van der Waals surface area (Å²) < 4.78 is 14.1. The van der Waals surface area contributed by atoms with E-state index in [9.17, 15) is 4.39 Å². The first-order valence-electron chi connectivity index (χ1n) is 8.02. The molecule has 1 heterocycles. The van der Waals surface area contributed by atoms with Crippen molar-refractivity contribution in [2.45, 2.75) is 13.2 Å². The number of benzene rings is 2. The van der Waals surface area contributed by atoms with Gasteiger partial charge in [0, 0.05) is 32.7 Å². The molecule has 0 bridgehead atoms. The van der Waals surface area contributed by atoms with Gasteiger partial charge in [0.15, 0.2) is 5.69 Å². The van der Waals surface area contributed by atoms with Gasteiger partial charge >= 0.3 is 0 Å². The van der Waals surface area contributed by atoms with Crippen molar-refractivity contribution in [3.63, 3.8) is 0 Å². The van der Waals surface area contributed by atoms with Crippen LogP contribution in [0, 0.1) is 12.4 Å². The number of aliphatic hydroxyl groups is 1. The van der Waals surface area contributed by atoms with Crippen molar-refractivity contribution in [2.75, 3.05) is 31.1 Å². The minimum Gasteiger partial charge on any atom is -0.392 e. The molecule has 0 aromatic heterocycles.